The molecule has 12 heteroatoms. The molecule has 0 spiro atoms. The summed E-state index contributed by atoms with van der Waals surface area (Å²) in [5.41, 5.74) is 5.09. The molecule has 9 nitrogen and oxygen atoms in total. The third kappa shape index (κ3) is 7.10. The second-order valence-electron chi connectivity index (χ2n) is 11.1. The van der Waals surface area contributed by atoms with E-state index in [-0.39, 0.29) is 23.5 Å². The number of fused-ring (bicyclic) bond motifs is 1. The quantitative estimate of drug-likeness (QED) is 0.143. The Balaban J connectivity index is 1.23. The number of hydrogen-bond acceptors (Lipinski definition) is 6. The fourth-order valence-corrected chi connectivity index (χ4v) is 5.09. The molecular weight excluding hydrogens is 607 g/mol. The fourth-order valence-electron chi connectivity index (χ4n) is 5.09. The SMILES string of the molecule is COCCn1cc(Nc2cccn3c(C#Cc4cc(C(=O)Cc5cc(-n6cnc(C)c6)cc(C(F)(F)F)c5)ccc4C)cnc23)cn1. The van der Waals surface area contributed by atoms with Crippen LogP contribution in [0.5, 0.6) is 0 Å². The van der Waals surface area contributed by atoms with Crippen molar-refractivity contribution in [3.63, 3.8) is 0 Å². The molecule has 0 amide bonds. The molecular formula is C35H30F3N7O2. The molecule has 47 heavy (non-hydrogen) atoms. The average Bonchev–Trinajstić information content (AvgIpc) is 3.79. The van der Waals surface area contributed by atoms with Crippen LogP contribution in [-0.2, 0) is 23.9 Å². The van der Waals surface area contributed by atoms with Crippen molar-refractivity contribution in [3.8, 4) is 17.5 Å². The monoisotopic (exact) mass is 637 g/mol. The molecule has 6 rings (SSSR count). The Hall–Kier alpha value is -5.67. The van der Waals surface area contributed by atoms with Gasteiger partial charge in [0.05, 0.1) is 54.5 Å². The summed E-state index contributed by atoms with van der Waals surface area (Å²) in [6.45, 7) is 4.82. The van der Waals surface area contributed by atoms with Gasteiger partial charge in [0, 0.05) is 48.9 Å². The van der Waals surface area contributed by atoms with Crippen molar-refractivity contribution in [2.45, 2.75) is 33.0 Å². The van der Waals surface area contributed by atoms with Gasteiger partial charge in [0.25, 0.3) is 0 Å². The molecule has 4 aromatic heterocycles. The molecule has 0 saturated carbocycles. The van der Waals surface area contributed by atoms with E-state index in [4.69, 9.17) is 4.74 Å². The average molecular weight is 638 g/mol. The lowest BCUT2D eigenvalue weighted by molar-refractivity contribution is -0.137. The van der Waals surface area contributed by atoms with Gasteiger partial charge in [0.1, 0.15) is 5.69 Å². The zero-order valence-electron chi connectivity index (χ0n) is 25.8. The van der Waals surface area contributed by atoms with Gasteiger partial charge in [-0.05, 0) is 67.3 Å². The predicted octanol–water partition coefficient (Wildman–Crippen LogP) is 6.57. The molecule has 0 aliphatic carbocycles. The molecule has 0 aliphatic rings. The highest BCUT2D eigenvalue weighted by atomic mass is 19.4. The molecule has 238 valence electrons. The smallest absolute Gasteiger partial charge is 0.383 e. The summed E-state index contributed by atoms with van der Waals surface area (Å²) >= 11 is 0. The minimum absolute atomic E-state index is 0.213. The maximum Gasteiger partial charge on any atom is 0.416 e. The maximum atomic E-state index is 13.7. The van der Waals surface area contributed by atoms with Crippen molar-refractivity contribution in [2.75, 3.05) is 19.0 Å². The number of methoxy groups -OCH3 is 1. The number of carbonyl (C=O) groups excluding carboxylic acids is 1. The van der Waals surface area contributed by atoms with Gasteiger partial charge in [0.2, 0.25) is 0 Å². The third-order valence-electron chi connectivity index (χ3n) is 7.54. The molecule has 0 saturated heterocycles. The number of Topliss-reactive ketones (excluding diaryl/α,β-unsaturated/α-hetero) is 1. The molecule has 0 fully saturated rings. The molecule has 6 aromatic rings. The Kier molecular flexibility index (Phi) is 8.65. The van der Waals surface area contributed by atoms with E-state index in [9.17, 15) is 18.0 Å². The number of alkyl halides is 3. The number of anilines is 2. The Bertz CT molecular complexity index is 2150. The number of aromatic nitrogens is 6. The third-order valence-corrected chi connectivity index (χ3v) is 7.54. The highest BCUT2D eigenvalue weighted by Crippen LogP contribution is 2.32. The predicted molar refractivity (Wildman–Crippen MR) is 171 cm³/mol. The van der Waals surface area contributed by atoms with Gasteiger partial charge in [-0.3, -0.25) is 13.9 Å². The number of imidazole rings is 2. The number of pyridine rings is 1. The van der Waals surface area contributed by atoms with E-state index < -0.39 is 11.7 Å². The van der Waals surface area contributed by atoms with E-state index in [2.05, 4.69) is 32.2 Å². The van der Waals surface area contributed by atoms with Crippen molar-refractivity contribution < 1.29 is 22.7 Å². The van der Waals surface area contributed by atoms with E-state index >= 15 is 0 Å². The summed E-state index contributed by atoms with van der Waals surface area (Å²) in [6.07, 6.45) is 5.44. The Morgan fingerprint density at radius 1 is 1.02 bits per heavy atom. The van der Waals surface area contributed by atoms with Crippen molar-refractivity contribution in [1.29, 1.82) is 0 Å². The highest BCUT2D eigenvalue weighted by Gasteiger charge is 2.31. The van der Waals surface area contributed by atoms with E-state index in [1.165, 1.54) is 10.9 Å². The van der Waals surface area contributed by atoms with Crippen molar-refractivity contribution in [2.24, 2.45) is 0 Å². The van der Waals surface area contributed by atoms with Crippen LogP contribution in [-0.4, -0.2) is 48.2 Å². The molecule has 1 N–H and O–H groups in total. The molecule has 4 heterocycles. The van der Waals surface area contributed by atoms with E-state index in [0.29, 0.717) is 41.3 Å². The lowest BCUT2D eigenvalue weighted by atomic mass is 9.97. The van der Waals surface area contributed by atoms with Crippen molar-refractivity contribution in [1.82, 2.24) is 28.7 Å². The second-order valence-corrected chi connectivity index (χ2v) is 11.1. The molecule has 0 atom stereocenters. The highest BCUT2D eigenvalue weighted by molar-refractivity contribution is 5.98. The van der Waals surface area contributed by atoms with E-state index in [1.54, 1.807) is 61.6 Å². The lowest BCUT2D eigenvalue weighted by Crippen LogP contribution is -2.10. The molecule has 0 bridgehead atoms. The number of benzene rings is 2. The standard InChI is InChI=1S/C35H30F3N7O2/c1-23-6-7-27(33(46)15-25-13-28(35(36,37)38)17-31(14-25)43-20-24(2)40-22-43)16-26(23)8-9-30-19-39-34-32(5-4-10-45(30)34)42-29-18-41-44(21-29)11-12-47-3/h4-7,10,13-14,16-22,42H,11-12,15H2,1-3H3. The number of carbonyl (C=O) groups is 1. The number of ketones is 1. The van der Waals surface area contributed by atoms with Crippen LogP contribution in [0.1, 0.15) is 44.0 Å². The number of nitrogens with zero attached hydrogens (tertiary/aromatic N) is 6. The summed E-state index contributed by atoms with van der Waals surface area (Å²) in [6, 6.07) is 12.6. The van der Waals surface area contributed by atoms with Crippen LogP contribution < -0.4 is 5.32 Å². The molecule has 0 aliphatic heterocycles. The zero-order chi connectivity index (χ0) is 33.1. The molecule has 0 radical (unpaired) electrons. The zero-order valence-corrected chi connectivity index (χ0v) is 25.8. The van der Waals surface area contributed by atoms with Gasteiger partial charge in [-0.1, -0.05) is 18.1 Å². The van der Waals surface area contributed by atoms with Crippen LogP contribution in [0.2, 0.25) is 0 Å². The lowest BCUT2D eigenvalue weighted by Gasteiger charge is -2.13. The first-order valence-corrected chi connectivity index (χ1v) is 14.7. The minimum Gasteiger partial charge on any atom is -0.383 e. The number of hydrogen-bond donors (Lipinski definition) is 1. The minimum atomic E-state index is -4.57. The topological polar surface area (TPSA) is 91.3 Å². The first kappa shape index (κ1) is 31.3. The summed E-state index contributed by atoms with van der Waals surface area (Å²) in [5.74, 6) is 5.99. The van der Waals surface area contributed by atoms with Crippen LogP contribution in [0.4, 0.5) is 24.5 Å². The Morgan fingerprint density at radius 2 is 1.87 bits per heavy atom. The molecule has 0 unspecified atom stereocenters. The maximum absolute atomic E-state index is 13.7. The first-order chi connectivity index (χ1) is 22.6. The van der Waals surface area contributed by atoms with E-state index in [1.807, 2.05) is 35.9 Å². The van der Waals surface area contributed by atoms with Gasteiger partial charge in [-0.15, -0.1) is 0 Å². The number of aryl methyl sites for hydroxylation is 2. The largest absolute Gasteiger partial charge is 0.416 e. The van der Waals surface area contributed by atoms with Crippen molar-refractivity contribution in [3.05, 3.63) is 125 Å². The molecule has 2 aromatic carbocycles. The normalized spacial score (nSPS) is 11.4. The van der Waals surface area contributed by atoms with Crippen LogP contribution in [0.15, 0.2) is 85.8 Å². The van der Waals surface area contributed by atoms with Gasteiger partial charge < -0.3 is 14.6 Å². The van der Waals surface area contributed by atoms with Crippen LogP contribution in [0.3, 0.4) is 0 Å². The van der Waals surface area contributed by atoms with Crippen LogP contribution in [0, 0.1) is 25.7 Å². The van der Waals surface area contributed by atoms with Gasteiger partial charge >= 0.3 is 6.18 Å². The summed E-state index contributed by atoms with van der Waals surface area (Å²) in [7, 11) is 1.64. The van der Waals surface area contributed by atoms with Gasteiger partial charge in [-0.2, -0.15) is 18.3 Å². The van der Waals surface area contributed by atoms with E-state index in [0.717, 1.165) is 29.1 Å². The first-order valence-electron chi connectivity index (χ1n) is 14.7. The number of halogens is 3. The van der Waals surface area contributed by atoms with Crippen LogP contribution in [0.25, 0.3) is 11.3 Å². The summed E-state index contributed by atoms with van der Waals surface area (Å²) in [5, 5.41) is 7.68. The summed E-state index contributed by atoms with van der Waals surface area (Å²) in [4.78, 5) is 22.0. The van der Waals surface area contributed by atoms with Gasteiger partial charge in [-0.25, -0.2) is 9.97 Å². The number of nitrogens with one attached hydrogen (secondary N) is 1. The number of ether oxygens (including phenoxy) is 1. The summed E-state index contributed by atoms with van der Waals surface area (Å²) < 4.78 is 51.5. The second kappa shape index (κ2) is 13.0. The van der Waals surface area contributed by atoms with Crippen molar-refractivity contribution >= 4 is 22.8 Å². The fraction of sp³-hybridized carbons (Fsp3) is 0.200. The Labute approximate surface area is 268 Å². The Morgan fingerprint density at radius 3 is 2.64 bits per heavy atom. The number of rotatable bonds is 9. The van der Waals surface area contributed by atoms with Crippen LogP contribution >= 0.6 is 0 Å². The van der Waals surface area contributed by atoms with Gasteiger partial charge in [0.15, 0.2) is 11.4 Å².